The molecule has 0 saturated carbocycles. The van der Waals surface area contributed by atoms with Crippen LogP contribution in [0.15, 0.2) is 24.3 Å². The molecule has 0 radical (unpaired) electrons. The topological polar surface area (TPSA) is 29.5 Å². The summed E-state index contributed by atoms with van der Waals surface area (Å²) in [7, 11) is 1.98. The van der Waals surface area contributed by atoms with Gasteiger partial charge in [0.2, 0.25) is 0 Å². The second kappa shape index (κ2) is 7.46. The molecule has 3 nitrogen and oxygen atoms in total. The van der Waals surface area contributed by atoms with Gasteiger partial charge in [-0.1, -0.05) is 0 Å². The Kier molecular flexibility index (Phi) is 7.01. The summed E-state index contributed by atoms with van der Waals surface area (Å²) < 4.78 is 17.8. The lowest BCUT2D eigenvalue weighted by molar-refractivity contribution is 0.0423. The highest BCUT2D eigenvalue weighted by atomic mass is 35.5. The first-order valence-electron chi connectivity index (χ1n) is 5.94. The van der Waals surface area contributed by atoms with E-state index in [1.807, 2.05) is 7.05 Å². The second-order valence-electron chi connectivity index (χ2n) is 5.24. The van der Waals surface area contributed by atoms with Gasteiger partial charge in [-0.3, -0.25) is 4.90 Å². The van der Waals surface area contributed by atoms with Crippen LogP contribution < -0.4 is 0 Å². The molecule has 0 aliphatic heterocycles. The van der Waals surface area contributed by atoms with Gasteiger partial charge < -0.3 is 4.74 Å². The second-order valence-corrected chi connectivity index (χ2v) is 5.24. The van der Waals surface area contributed by atoms with Crippen LogP contribution in [0.4, 0.5) is 4.39 Å². The van der Waals surface area contributed by atoms with Crippen molar-refractivity contribution in [2.75, 3.05) is 20.2 Å². The number of carbonyl (C=O) groups is 1. The highest BCUT2D eigenvalue weighted by Crippen LogP contribution is 2.10. The van der Waals surface area contributed by atoms with Gasteiger partial charge in [0.05, 0.1) is 5.56 Å². The number of ether oxygens (including phenoxy) is 1. The molecule has 0 bridgehead atoms. The Balaban J connectivity index is 0.00000324. The van der Waals surface area contributed by atoms with E-state index in [1.54, 1.807) is 0 Å². The van der Waals surface area contributed by atoms with E-state index in [0.717, 1.165) is 0 Å². The molecule has 1 aromatic carbocycles. The zero-order valence-corrected chi connectivity index (χ0v) is 12.6. The summed E-state index contributed by atoms with van der Waals surface area (Å²) in [5, 5.41) is 0. The molecular weight excluding hydrogens is 269 g/mol. The van der Waals surface area contributed by atoms with E-state index in [1.165, 1.54) is 24.3 Å². The van der Waals surface area contributed by atoms with E-state index in [4.69, 9.17) is 4.74 Å². The van der Waals surface area contributed by atoms with Gasteiger partial charge >= 0.3 is 5.97 Å². The number of nitrogens with zero attached hydrogens (tertiary/aromatic N) is 1. The van der Waals surface area contributed by atoms with Crippen molar-refractivity contribution in [3.05, 3.63) is 35.6 Å². The fraction of sp³-hybridized carbons (Fsp3) is 0.500. The summed E-state index contributed by atoms with van der Waals surface area (Å²) in [6.45, 7) is 7.26. The van der Waals surface area contributed by atoms with Crippen LogP contribution in [0, 0.1) is 5.82 Å². The molecule has 0 heterocycles. The number of rotatable bonds is 4. The lowest BCUT2D eigenvalue weighted by Gasteiger charge is -2.31. The number of carbonyl (C=O) groups excluding carboxylic acids is 1. The molecule has 0 aliphatic carbocycles. The van der Waals surface area contributed by atoms with Gasteiger partial charge in [-0.25, -0.2) is 9.18 Å². The molecule has 0 spiro atoms. The highest BCUT2D eigenvalue weighted by Gasteiger charge is 2.17. The third-order valence-corrected chi connectivity index (χ3v) is 2.88. The van der Waals surface area contributed by atoms with E-state index < -0.39 is 5.97 Å². The molecule has 5 heteroatoms. The van der Waals surface area contributed by atoms with Crippen LogP contribution in [0.2, 0.25) is 0 Å². The lowest BCUT2D eigenvalue weighted by atomic mass is 10.1. The molecule has 1 rings (SSSR count). The summed E-state index contributed by atoms with van der Waals surface area (Å²) in [6, 6.07) is 5.34. The minimum absolute atomic E-state index is 0. The molecule has 0 fully saturated rings. The normalized spacial score (nSPS) is 11.1. The van der Waals surface area contributed by atoms with Crippen LogP contribution >= 0.6 is 12.4 Å². The van der Waals surface area contributed by atoms with Crippen molar-refractivity contribution in [2.24, 2.45) is 0 Å². The fourth-order valence-corrected chi connectivity index (χ4v) is 1.28. The van der Waals surface area contributed by atoms with Crippen molar-refractivity contribution in [3.8, 4) is 0 Å². The van der Waals surface area contributed by atoms with Crippen molar-refractivity contribution in [2.45, 2.75) is 26.3 Å². The van der Waals surface area contributed by atoms with Crippen LogP contribution in [-0.2, 0) is 4.74 Å². The Morgan fingerprint density at radius 1 is 1.26 bits per heavy atom. The molecule has 0 saturated heterocycles. The Labute approximate surface area is 120 Å². The van der Waals surface area contributed by atoms with Crippen LogP contribution in [-0.4, -0.2) is 36.6 Å². The molecular formula is C14H21ClFNO2. The van der Waals surface area contributed by atoms with E-state index in [9.17, 15) is 9.18 Å². The van der Waals surface area contributed by atoms with Crippen LogP contribution in [0.5, 0.6) is 0 Å². The van der Waals surface area contributed by atoms with Gasteiger partial charge in [0.15, 0.2) is 0 Å². The van der Waals surface area contributed by atoms with Crippen LogP contribution in [0.3, 0.4) is 0 Å². The van der Waals surface area contributed by atoms with Gasteiger partial charge in [-0.05, 0) is 52.1 Å². The molecule has 19 heavy (non-hydrogen) atoms. The van der Waals surface area contributed by atoms with Crippen molar-refractivity contribution in [3.63, 3.8) is 0 Å². The maximum absolute atomic E-state index is 12.7. The van der Waals surface area contributed by atoms with Gasteiger partial charge in [-0.15, -0.1) is 12.4 Å². The highest BCUT2D eigenvalue weighted by molar-refractivity contribution is 5.89. The van der Waals surface area contributed by atoms with Gasteiger partial charge in [-0.2, -0.15) is 0 Å². The summed E-state index contributed by atoms with van der Waals surface area (Å²) in [5.74, 6) is -0.781. The number of esters is 1. The van der Waals surface area contributed by atoms with E-state index in [0.29, 0.717) is 18.7 Å². The molecule has 1 aromatic rings. The van der Waals surface area contributed by atoms with E-state index in [2.05, 4.69) is 25.7 Å². The Bertz CT molecular complexity index is 401. The number of hydrogen-bond donors (Lipinski definition) is 0. The third-order valence-electron chi connectivity index (χ3n) is 2.88. The summed E-state index contributed by atoms with van der Waals surface area (Å²) in [6.07, 6.45) is 0. The molecule has 0 N–H and O–H groups in total. The summed E-state index contributed by atoms with van der Waals surface area (Å²) in [5.41, 5.74) is 0.414. The van der Waals surface area contributed by atoms with Crippen molar-refractivity contribution in [1.82, 2.24) is 4.90 Å². The van der Waals surface area contributed by atoms with Crippen LogP contribution in [0.1, 0.15) is 31.1 Å². The van der Waals surface area contributed by atoms with Crippen molar-refractivity contribution < 1.29 is 13.9 Å². The van der Waals surface area contributed by atoms with Crippen LogP contribution in [0.25, 0.3) is 0 Å². The van der Waals surface area contributed by atoms with Crippen molar-refractivity contribution in [1.29, 1.82) is 0 Å². The van der Waals surface area contributed by atoms with Crippen molar-refractivity contribution >= 4 is 18.4 Å². The quantitative estimate of drug-likeness (QED) is 0.798. The number of benzene rings is 1. The van der Waals surface area contributed by atoms with Gasteiger partial charge in [0.25, 0.3) is 0 Å². The minimum Gasteiger partial charge on any atom is -0.461 e. The van der Waals surface area contributed by atoms with Gasteiger partial charge in [0, 0.05) is 12.1 Å². The zero-order chi connectivity index (χ0) is 13.8. The zero-order valence-electron chi connectivity index (χ0n) is 11.8. The SMILES string of the molecule is CN(CCOC(=O)c1ccc(F)cc1)C(C)(C)C.Cl. The van der Waals surface area contributed by atoms with E-state index >= 15 is 0 Å². The predicted octanol–water partition coefficient (Wildman–Crippen LogP) is 3.13. The first-order valence-corrected chi connectivity index (χ1v) is 5.94. The maximum atomic E-state index is 12.7. The largest absolute Gasteiger partial charge is 0.461 e. The number of likely N-dealkylation sites (N-methyl/N-ethyl adjacent to an activating group) is 1. The van der Waals surface area contributed by atoms with E-state index in [-0.39, 0.29) is 23.8 Å². The molecule has 108 valence electrons. The minimum atomic E-state index is -0.419. The number of halogens is 2. The molecule has 0 aromatic heterocycles. The monoisotopic (exact) mass is 289 g/mol. The Morgan fingerprint density at radius 2 is 1.79 bits per heavy atom. The van der Waals surface area contributed by atoms with Gasteiger partial charge in [0.1, 0.15) is 12.4 Å². The third kappa shape index (κ3) is 6.03. The average molecular weight is 290 g/mol. The molecule has 0 aliphatic rings. The smallest absolute Gasteiger partial charge is 0.338 e. The summed E-state index contributed by atoms with van der Waals surface area (Å²) >= 11 is 0. The first-order chi connectivity index (χ1) is 8.30. The summed E-state index contributed by atoms with van der Waals surface area (Å²) in [4.78, 5) is 13.7. The standard InChI is InChI=1S/C14H20FNO2.ClH/c1-14(2,3)16(4)9-10-18-13(17)11-5-7-12(15)8-6-11;/h5-8H,9-10H2,1-4H3;1H. The molecule has 0 amide bonds. The predicted molar refractivity (Wildman–Crippen MR) is 76.3 cm³/mol. The Morgan fingerprint density at radius 3 is 2.26 bits per heavy atom. The average Bonchev–Trinajstić information content (AvgIpc) is 2.28. The lowest BCUT2D eigenvalue weighted by Crippen LogP contribution is -2.40. The Hall–Kier alpha value is -1.13. The molecule has 0 unspecified atom stereocenters. The fourth-order valence-electron chi connectivity index (χ4n) is 1.28. The maximum Gasteiger partial charge on any atom is 0.338 e. The number of hydrogen-bond acceptors (Lipinski definition) is 3. The molecule has 0 atom stereocenters. The first kappa shape index (κ1) is 17.9.